The minimum Gasteiger partial charge on any atom is -0.494 e. The lowest BCUT2D eigenvalue weighted by molar-refractivity contribution is -0.131. The van der Waals surface area contributed by atoms with E-state index in [0.29, 0.717) is 19.6 Å². The van der Waals surface area contributed by atoms with Gasteiger partial charge in [-0.05, 0) is 48.7 Å². The molecule has 0 aromatic heterocycles. The van der Waals surface area contributed by atoms with E-state index in [4.69, 9.17) is 4.74 Å². The molecule has 0 bridgehead atoms. The Morgan fingerprint density at radius 3 is 2.52 bits per heavy atom. The highest BCUT2D eigenvalue weighted by Gasteiger charge is 2.35. The number of hydrogen-bond acceptors (Lipinski definition) is 3. The van der Waals surface area contributed by atoms with Crippen LogP contribution in [0.15, 0.2) is 48.5 Å². The van der Waals surface area contributed by atoms with Crippen LogP contribution in [0.25, 0.3) is 0 Å². The highest BCUT2D eigenvalue weighted by atomic mass is 19.1. The average molecular weight is 343 g/mol. The molecular weight excluding hydrogens is 321 g/mol. The zero-order chi connectivity index (χ0) is 17.8. The third kappa shape index (κ3) is 4.17. The number of likely N-dealkylation sites (tertiary alicyclic amines) is 1. The summed E-state index contributed by atoms with van der Waals surface area (Å²) in [5, 5.41) is 10.0. The highest BCUT2D eigenvalue weighted by molar-refractivity contribution is 5.79. The molecule has 0 aliphatic carbocycles. The molecular formula is C20H22FNO3. The first-order valence-corrected chi connectivity index (χ1v) is 8.51. The van der Waals surface area contributed by atoms with E-state index >= 15 is 0 Å². The summed E-state index contributed by atoms with van der Waals surface area (Å²) in [5.74, 6) is 0.420. The van der Waals surface area contributed by atoms with Crippen LogP contribution in [0.5, 0.6) is 5.75 Å². The molecule has 1 fully saturated rings. The molecule has 1 amide bonds. The fourth-order valence-corrected chi connectivity index (χ4v) is 3.24. The van der Waals surface area contributed by atoms with E-state index in [1.165, 1.54) is 12.1 Å². The first kappa shape index (κ1) is 17.4. The lowest BCUT2D eigenvalue weighted by Gasteiger charge is -2.25. The molecule has 5 heteroatoms. The Labute approximate surface area is 146 Å². The van der Waals surface area contributed by atoms with Crippen molar-refractivity contribution in [3.05, 3.63) is 65.5 Å². The third-order valence-corrected chi connectivity index (χ3v) is 4.44. The topological polar surface area (TPSA) is 49.8 Å². The summed E-state index contributed by atoms with van der Waals surface area (Å²) >= 11 is 0. The van der Waals surface area contributed by atoms with Crippen molar-refractivity contribution >= 4 is 5.91 Å². The number of rotatable bonds is 5. The molecule has 1 heterocycles. The summed E-state index contributed by atoms with van der Waals surface area (Å²) < 4.78 is 18.5. The normalized spacial score (nSPS) is 19.9. The molecule has 1 aliphatic rings. The molecule has 1 saturated heterocycles. The van der Waals surface area contributed by atoms with Gasteiger partial charge in [-0.2, -0.15) is 0 Å². The van der Waals surface area contributed by atoms with Gasteiger partial charge < -0.3 is 14.7 Å². The van der Waals surface area contributed by atoms with Crippen LogP contribution in [0.4, 0.5) is 4.39 Å². The van der Waals surface area contributed by atoms with Crippen molar-refractivity contribution < 1.29 is 19.0 Å². The number of carbonyl (C=O) groups is 1. The number of carbonyl (C=O) groups excluding carboxylic acids is 1. The van der Waals surface area contributed by atoms with E-state index in [0.717, 1.165) is 16.9 Å². The van der Waals surface area contributed by atoms with Crippen molar-refractivity contribution in [2.24, 2.45) is 0 Å². The number of hydrogen-bond donors (Lipinski definition) is 1. The first-order chi connectivity index (χ1) is 12.1. The zero-order valence-corrected chi connectivity index (χ0v) is 14.2. The number of benzene rings is 2. The molecule has 1 N–H and O–H groups in total. The van der Waals surface area contributed by atoms with Gasteiger partial charge in [0.05, 0.1) is 25.2 Å². The highest BCUT2D eigenvalue weighted by Crippen LogP contribution is 2.32. The van der Waals surface area contributed by atoms with E-state index in [2.05, 4.69) is 0 Å². The molecule has 2 atom stereocenters. The summed E-state index contributed by atoms with van der Waals surface area (Å²) in [4.78, 5) is 14.4. The second-order valence-corrected chi connectivity index (χ2v) is 6.26. The van der Waals surface area contributed by atoms with Crippen molar-refractivity contribution in [3.8, 4) is 5.75 Å². The molecule has 2 aromatic rings. The molecule has 132 valence electrons. The van der Waals surface area contributed by atoms with Gasteiger partial charge in [-0.25, -0.2) is 4.39 Å². The number of aliphatic hydroxyl groups excluding tert-OH is 1. The molecule has 0 spiro atoms. The van der Waals surface area contributed by atoms with Crippen LogP contribution < -0.4 is 4.74 Å². The third-order valence-electron chi connectivity index (χ3n) is 4.44. The standard InChI is InChI=1S/C20H22FNO3/c1-2-25-18-9-3-14(4-10-18)11-20(24)22-13-17(23)12-19(22)15-5-7-16(21)8-6-15/h3-10,17,19,23H,2,11-13H2,1H3. The Kier molecular flexibility index (Phi) is 5.34. The number of nitrogens with zero attached hydrogens (tertiary/aromatic N) is 1. The van der Waals surface area contributed by atoms with E-state index in [1.54, 1.807) is 17.0 Å². The van der Waals surface area contributed by atoms with Crippen LogP contribution in [-0.2, 0) is 11.2 Å². The predicted molar refractivity (Wildman–Crippen MR) is 92.8 cm³/mol. The Balaban J connectivity index is 1.71. The zero-order valence-electron chi connectivity index (χ0n) is 14.2. The molecule has 3 rings (SSSR count). The van der Waals surface area contributed by atoms with Crippen molar-refractivity contribution in [2.45, 2.75) is 31.9 Å². The summed E-state index contributed by atoms with van der Waals surface area (Å²) in [6.45, 7) is 2.83. The van der Waals surface area contributed by atoms with Crippen molar-refractivity contribution in [2.75, 3.05) is 13.2 Å². The molecule has 0 saturated carbocycles. The summed E-state index contributed by atoms with van der Waals surface area (Å²) in [5.41, 5.74) is 1.74. The van der Waals surface area contributed by atoms with Crippen LogP contribution in [0.1, 0.15) is 30.5 Å². The second-order valence-electron chi connectivity index (χ2n) is 6.26. The smallest absolute Gasteiger partial charge is 0.227 e. The van der Waals surface area contributed by atoms with Crippen molar-refractivity contribution in [3.63, 3.8) is 0 Å². The number of β-amino-alcohol motifs (C(OH)–C–C–N with tert-alkyl or cyclic N) is 1. The first-order valence-electron chi connectivity index (χ1n) is 8.51. The van der Waals surface area contributed by atoms with Gasteiger partial charge in [0, 0.05) is 6.54 Å². The van der Waals surface area contributed by atoms with Crippen molar-refractivity contribution in [1.82, 2.24) is 4.90 Å². The SMILES string of the molecule is CCOc1ccc(CC(=O)N2CC(O)CC2c2ccc(F)cc2)cc1. The second kappa shape index (κ2) is 7.66. The van der Waals surface area contributed by atoms with Crippen LogP contribution in [0.2, 0.25) is 0 Å². The average Bonchev–Trinajstić information content (AvgIpc) is 2.99. The fourth-order valence-electron chi connectivity index (χ4n) is 3.24. The Hall–Kier alpha value is -2.40. The van der Waals surface area contributed by atoms with Gasteiger partial charge in [-0.15, -0.1) is 0 Å². The Morgan fingerprint density at radius 1 is 1.20 bits per heavy atom. The number of aliphatic hydroxyl groups is 1. The van der Waals surface area contributed by atoms with Crippen LogP contribution in [-0.4, -0.2) is 35.2 Å². The van der Waals surface area contributed by atoms with Gasteiger partial charge in [-0.3, -0.25) is 4.79 Å². The van der Waals surface area contributed by atoms with Gasteiger partial charge in [-0.1, -0.05) is 24.3 Å². The van der Waals surface area contributed by atoms with Gasteiger partial charge in [0.1, 0.15) is 11.6 Å². The minimum atomic E-state index is -0.556. The van der Waals surface area contributed by atoms with Crippen LogP contribution >= 0.6 is 0 Å². The van der Waals surface area contributed by atoms with Gasteiger partial charge >= 0.3 is 0 Å². The number of amides is 1. The molecule has 1 aliphatic heterocycles. The minimum absolute atomic E-state index is 0.0463. The van der Waals surface area contributed by atoms with Crippen LogP contribution in [0, 0.1) is 5.82 Å². The summed E-state index contributed by atoms with van der Waals surface area (Å²) in [6.07, 6.45) is 0.177. The maximum atomic E-state index is 13.1. The number of halogens is 1. The van der Waals surface area contributed by atoms with Gasteiger partial charge in [0.15, 0.2) is 0 Å². The van der Waals surface area contributed by atoms with E-state index in [1.807, 2.05) is 31.2 Å². The van der Waals surface area contributed by atoms with Gasteiger partial charge in [0.2, 0.25) is 5.91 Å². The molecule has 25 heavy (non-hydrogen) atoms. The van der Waals surface area contributed by atoms with Gasteiger partial charge in [0.25, 0.3) is 0 Å². The quantitative estimate of drug-likeness (QED) is 0.908. The summed E-state index contributed by atoms with van der Waals surface area (Å²) in [7, 11) is 0. The lowest BCUT2D eigenvalue weighted by atomic mass is 10.0. The maximum Gasteiger partial charge on any atom is 0.227 e. The molecule has 2 aromatic carbocycles. The molecule has 4 nitrogen and oxygen atoms in total. The monoisotopic (exact) mass is 343 g/mol. The van der Waals surface area contributed by atoms with E-state index < -0.39 is 6.10 Å². The largest absolute Gasteiger partial charge is 0.494 e. The van der Waals surface area contributed by atoms with E-state index in [9.17, 15) is 14.3 Å². The molecule has 0 radical (unpaired) electrons. The lowest BCUT2D eigenvalue weighted by Crippen LogP contribution is -2.33. The van der Waals surface area contributed by atoms with Crippen molar-refractivity contribution in [1.29, 1.82) is 0 Å². The maximum absolute atomic E-state index is 13.1. The molecule has 2 unspecified atom stereocenters. The van der Waals surface area contributed by atoms with Crippen LogP contribution in [0.3, 0.4) is 0 Å². The summed E-state index contributed by atoms with van der Waals surface area (Å²) in [6, 6.07) is 13.4. The Morgan fingerprint density at radius 2 is 1.88 bits per heavy atom. The Bertz CT molecular complexity index is 715. The fraction of sp³-hybridized carbons (Fsp3) is 0.350. The van der Waals surface area contributed by atoms with E-state index in [-0.39, 0.29) is 24.2 Å². The number of ether oxygens (including phenoxy) is 1. The predicted octanol–water partition coefficient (Wildman–Crippen LogP) is 3.10.